The van der Waals surface area contributed by atoms with Gasteiger partial charge in [0.15, 0.2) is 11.5 Å². The monoisotopic (exact) mass is 570 g/mol. The molecule has 40 heavy (non-hydrogen) atoms. The molecule has 1 aliphatic carbocycles. The smallest absolute Gasteiger partial charge is 0.264 e. The molecule has 5 rings (SSSR count). The molecule has 0 radical (unpaired) electrons. The lowest BCUT2D eigenvalue weighted by Crippen LogP contribution is -2.29. The predicted molar refractivity (Wildman–Crippen MR) is 143 cm³/mol. The SMILES string of the molecule is CCC(=O)NS(=O)(=O)c1ccc(-c2c(C)nn3c(OC4CCC(c5nc(C(C)C)no5)CC4)ccnc23)c(F)c1. The third kappa shape index (κ3) is 5.42. The van der Waals surface area contributed by atoms with E-state index in [-0.39, 0.29) is 34.8 Å². The normalized spacial score (nSPS) is 17.9. The molecule has 3 heterocycles. The van der Waals surface area contributed by atoms with E-state index in [0.717, 1.165) is 31.7 Å². The minimum atomic E-state index is -4.19. The van der Waals surface area contributed by atoms with E-state index in [2.05, 4.69) is 20.2 Å². The van der Waals surface area contributed by atoms with E-state index in [0.29, 0.717) is 34.5 Å². The zero-order valence-electron chi connectivity index (χ0n) is 22.7. The number of hydrogen-bond acceptors (Lipinski definition) is 9. The number of sulfonamides is 1. The molecule has 4 aromatic rings. The second kappa shape index (κ2) is 11.0. The number of nitrogens with zero attached hydrogens (tertiary/aromatic N) is 5. The van der Waals surface area contributed by atoms with Gasteiger partial charge in [0.25, 0.3) is 10.0 Å². The molecule has 212 valence electrons. The van der Waals surface area contributed by atoms with Gasteiger partial charge in [0, 0.05) is 36.1 Å². The maximum Gasteiger partial charge on any atom is 0.264 e. The van der Waals surface area contributed by atoms with Crippen molar-refractivity contribution in [3.05, 3.63) is 53.7 Å². The number of aromatic nitrogens is 5. The molecule has 0 bridgehead atoms. The van der Waals surface area contributed by atoms with E-state index in [4.69, 9.17) is 9.26 Å². The number of nitrogens with one attached hydrogen (secondary N) is 1. The first-order valence-electron chi connectivity index (χ1n) is 13.3. The van der Waals surface area contributed by atoms with Crippen molar-refractivity contribution in [3.63, 3.8) is 0 Å². The summed E-state index contributed by atoms with van der Waals surface area (Å²) < 4.78 is 55.4. The van der Waals surface area contributed by atoms with Gasteiger partial charge in [-0.15, -0.1) is 0 Å². The Balaban J connectivity index is 1.35. The predicted octanol–water partition coefficient (Wildman–Crippen LogP) is 4.67. The lowest BCUT2D eigenvalue weighted by molar-refractivity contribution is -0.119. The number of carbonyl (C=O) groups is 1. The molecule has 13 heteroatoms. The van der Waals surface area contributed by atoms with Crippen molar-refractivity contribution in [2.75, 3.05) is 0 Å². The van der Waals surface area contributed by atoms with Gasteiger partial charge in [0.05, 0.1) is 16.2 Å². The van der Waals surface area contributed by atoms with E-state index in [1.54, 1.807) is 19.2 Å². The molecule has 3 aromatic heterocycles. The number of fused-ring (bicyclic) bond motifs is 1. The molecule has 0 spiro atoms. The van der Waals surface area contributed by atoms with Crippen molar-refractivity contribution < 1.29 is 26.9 Å². The Kier molecular flexibility index (Phi) is 7.58. The summed E-state index contributed by atoms with van der Waals surface area (Å²) in [5.41, 5.74) is 1.44. The van der Waals surface area contributed by atoms with Crippen LogP contribution in [0.2, 0.25) is 0 Å². The zero-order valence-corrected chi connectivity index (χ0v) is 23.5. The Bertz CT molecular complexity index is 1660. The molecule has 1 aliphatic rings. The largest absolute Gasteiger partial charge is 0.474 e. The average molecular weight is 571 g/mol. The van der Waals surface area contributed by atoms with E-state index >= 15 is 4.39 Å². The molecule has 0 atom stereocenters. The third-order valence-corrected chi connectivity index (χ3v) is 8.40. The van der Waals surface area contributed by atoms with Crippen LogP contribution in [0.3, 0.4) is 0 Å². The summed E-state index contributed by atoms with van der Waals surface area (Å²) in [5, 5.41) is 8.63. The highest BCUT2D eigenvalue weighted by Crippen LogP contribution is 2.36. The molecule has 1 amide bonds. The second-order valence-electron chi connectivity index (χ2n) is 10.2. The maximum atomic E-state index is 15.3. The fraction of sp³-hybridized carbons (Fsp3) is 0.444. The summed E-state index contributed by atoms with van der Waals surface area (Å²) in [6.07, 6.45) is 4.78. The third-order valence-electron chi connectivity index (χ3n) is 7.03. The minimum Gasteiger partial charge on any atom is -0.474 e. The maximum absolute atomic E-state index is 15.3. The number of hydrogen-bond donors (Lipinski definition) is 1. The number of rotatable bonds is 8. The molecular weight excluding hydrogens is 539 g/mol. The van der Waals surface area contributed by atoms with Gasteiger partial charge in [0.2, 0.25) is 17.7 Å². The average Bonchev–Trinajstić information content (AvgIpc) is 3.54. The summed E-state index contributed by atoms with van der Waals surface area (Å²) in [6, 6.07) is 5.20. The Hall–Kier alpha value is -3.87. The molecule has 11 nitrogen and oxygen atoms in total. The van der Waals surface area contributed by atoms with E-state index < -0.39 is 21.7 Å². The van der Waals surface area contributed by atoms with Crippen molar-refractivity contribution in [3.8, 4) is 17.0 Å². The van der Waals surface area contributed by atoms with Crippen molar-refractivity contribution >= 4 is 21.6 Å². The highest BCUT2D eigenvalue weighted by molar-refractivity contribution is 7.90. The van der Waals surface area contributed by atoms with Gasteiger partial charge in [-0.05, 0) is 50.8 Å². The Morgan fingerprint density at radius 3 is 2.62 bits per heavy atom. The standard InChI is InChI=1S/C27H31FN6O5S/c1-5-22(35)33-40(36,37)19-10-11-20(21(28)14-19)24-16(4)31-34-23(12-13-29-26(24)34)38-18-8-6-17(7-9-18)27-30-25(15(2)3)32-39-27/h10-15,17-18H,5-9H2,1-4H3,(H,33,35). The van der Waals surface area contributed by atoms with Gasteiger partial charge in [-0.1, -0.05) is 25.9 Å². The molecule has 0 saturated heterocycles. The van der Waals surface area contributed by atoms with Crippen LogP contribution in [0.1, 0.15) is 82.1 Å². The fourth-order valence-electron chi connectivity index (χ4n) is 4.83. The number of aryl methyl sites for hydroxylation is 1. The Morgan fingerprint density at radius 2 is 1.98 bits per heavy atom. The summed E-state index contributed by atoms with van der Waals surface area (Å²) >= 11 is 0. The van der Waals surface area contributed by atoms with Crippen LogP contribution in [-0.2, 0) is 14.8 Å². The van der Waals surface area contributed by atoms with Crippen LogP contribution < -0.4 is 9.46 Å². The van der Waals surface area contributed by atoms with Crippen LogP contribution in [-0.4, -0.2) is 45.2 Å². The Morgan fingerprint density at radius 1 is 1.23 bits per heavy atom. The van der Waals surface area contributed by atoms with Gasteiger partial charge < -0.3 is 9.26 Å². The van der Waals surface area contributed by atoms with Crippen LogP contribution in [0.4, 0.5) is 4.39 Å². The van der Waals surface area contributed by atoms with Crippen LogP contribution in [0, 0.1) is 12.7 Å². The Labute approximate surface area is 231 Å². The molecule has 0 unspecified atom stereocenters. The lowest BCUT2D eigenvalue weighted by Gasteiger charge is -2.27. The van der Waals surface area contributed by atoms with Gasteiger partial charge >= 0.3 is 0 Å². The minimum absolute atomic E-state index is 0.0172. The number of ether oxygens (including phenoxy) is 1. The number of halogens is 1. The van der Waals surface area contributed by atoms with Crippen LogP contribution in [0.15, 0.2) is 39.9 Å². The first kappa shape index (κ1) is 27.7. The summed E-state index contributed by atoms with van der Waals surface area (Å²) in [7, 11) is -4.19. The van der Waals surface area contributed by atoms with Crippen LogP contribution in [0.25, 0.3) is 16.8 Å². The summed E-state index contributed by atoms with van der Waals surface area (Å²) in [6.45, 7) is 7.30. The van der Waals surface area contributed by atoms with Crippen molar-refractivity contribution in [2.45, 2.75) is 82.6 Å². The van der Waals surface area contributed by atoms with Gasteiger partial charge in [-0.3, -0.25) is 4.79 Å². The second-order valence-corrected chi connectivity index (χ2v) is 11.9. The van der Waals surface area contributed by atoms with Crippen molar-refractivity contribution in [1.82, 2.24) is 29.5 Å². The molecule has 1 aromatic carbocycles. The molecule has 0 aliphatic heterocycles. The van der Waals surface area contributed by atoms with Gasteiger partial charge in [-0.2, -0.15) is 14.6 Å². The molecule has 1 N–H and O–H groups in total. The quantitative estimate of drug-likeness (QED) is 0.320. The highest BCUT2D eigenvalue weighted by atomic mass is 32.2. The first-order valence-corrected chi connectivity index (χ1v) is 14.8. The number of carbonyl (C=O) groups excluding carboxylic acids is 1. The van der Waals surface area contributed by atoms with Crippen molar-refractivity contribution in [1.29, 1.82) is 0 Å². The first-order chi connectivity index (χ1) is 19.1. The highest BCUT2D eigenvalue weighted by Gasteiger charge is 2.29. The summed E-state index contributed by atoms with van der Waals surface area (Å²) in [5.74, 6) is 0.816. The van der Waals surface area contributed by atoms with E-state index in [1.807, 2.05) is 18.6 Å². The van der Waals surface area contributed by atoms with Crippen molar-refractivity contribution in [2.24, 2.45) is 0 Å². The lowest BCUT2D eigenvalue weighted by atomic mass is 9.87. The molecule has 1 saturated carbocycles. The zero-order chi connectivity index (χ0) is 28.6. The van der Waals surface area contributed by atoms with Gasteiger partial charge in [0.1, 0.15) is 11.9 Å². The van der Waals surface area contributed by atoms with E-state index in [1.165, 1.54) is 23.6 Å². The fourth-order valence-corrected chi connectivity index (χ4v) is 5.90. The topological polar surface area (TPSA) is 142 Å². The molecular formula is C27H31FN6O5S. The van der Waals surface area contributed by atoms with Crippen LogP contribution in [0.5, 0.6) is 5.88 Å². The van der Waals surface area contributed by atoms with Gasteiger partial charge in [-0.25, -0.2) is 22.5 Å². The van der Waals surface area contributed by atoms with Crippen LogP contribution >= 0.6 is 0 Å². The number of benzene rings is 1. The molecule has 1 fully saturated rings. The summed E-state index contributed by atoms with van der Waals surface area (Å²) in [4.78, 5) is 20.2. The number of amides is 1. The van der Waals surface area contributed by atoms with E-state index in [9.17, 15) is 13.2 Å².